The number of amides is 1. The highest BCUT2D eigenvalue weighted by Crippen LogP contribution is 2.16. The smallest absolute Gasteiger partial charge is 0.273 e. The molecule has 2 N–H and O–H groups in total. The molecule has 1 aromatic heterocycles. The topological polar surface area (TPSA) is 59.2 Å². The molecular formula is C12H12BrN3OS. The largest absolute Gasteiger partial charge is 0.375 e. The number of aromatic nitrogens is 1. The fourth-order valence-electron chi connectivity index (χ4n) is 1.56. The van der Waals surface area contributed by atoms with Crippen LogP contribution >= 0.6 is 27.3 Å². The summed E-state index contributed by atoms with van der Waals surface area (Å²) >= 11 is 4.68. The van der Waals surface area contributed by atoms with Crippen molar-refractivity contribution in [1.29, 1.82) is 0 Å². The van der Waals surface area contributed by atoms with E-state index in [9.17, 15) is 4.79 Å². The minimum absolute atomic E-state index is 0.122. The van der Waals surface area contributed by atoms with Gasteiger partial charge in [-0.2, -0.15) is 0 Å². The second kappa shape index (κ2) is 5.49. The van der Waals surface area contributed by atoms with E-state index in [4.69, 9.17) is 5.73 Å². The summed E-state index contributed by atoms with van der Waals surface area (Å²) in [4.78, 5) is 17.7. The Bertz CT molecular complexity index is 570. The molecule has 0 unspecified atom stereocenters. The molecule has 1 aromatic carbocycles. The summed E-state index contributed by atoms with van der Waals surface area (Å²) in [7, 11) is 1.75. The quantitative estimate of drug-likeness (QED) is 0.943. The van der Waals surface area contributed by atoms with Crippen LogP contribution in [0.3, 0.4) is 0 Å². The highest BCUT2D eigenvalue weighted by molar-refractivity contribution is 9.10. The SMILES string of the molecule is CN(Cc1cccc(Br)c1)C(=O)c1csc(N)n1. The Morgan fingerprint density at radius 2 is 2.33 bits per heavy atom. The number of benzene rings is 1. The molecule has 0 fully saturated rings. The Labute approximate surface area is 118 Å². The van der Waals surface area contributed by atoms with Crippen molar-refractivity contribution in [3.63, 3.8) is 0 Å². The van der Waals surface area contributed by atoms with Gasteiger partial charge in [-0.15, -0.1) is 11.3 Å². The molecule has 18 heavy (non-hydrogen) atoms. The van der Waals surface area contributed by atoms with E-state index in [1.165, 1.54) is 11.3 Å². The first-order valence-corrected chi connectivity index (χ1v) is 6.94. The lowest BCUT2D eigenvalue weighted by Crippen LogP contribution is -2.26. The molecule has 2 aromatic rings. The molecule has 0 atom stereocenters. The zero-order valence-electron chi connectivity index (χ0n) is 9.76. The number of carbonyl (C=O) groups excluding carboxylic acids is 1. The number of nitrogen functional groups attached to an aromatic ring is 1. The molecule has 0 aliphatic rings. The Balaban J connectivity index is 2.08. The van der Waals surface area contributed by atoms with Crippen LogP contribution in [0.1, 0.15) is 16.1 Å². The maximum Gasteiger partial charge on any atom is 0.273 e. The van der Waals surface area contributed by atoms with Crippen LogP contribution in [-0.4, -0.2) is 22.8 Å². The minimum atomic E-state index is -0.122. The summed E-state index contributed by atoms with van der Waals surface area (Å²) in [5.41, 5.74) is 6.98. The number of nitrogens with two attached hydrogens (primary N) is 1. The lowest BCUT2D eigenvalue weighted by molar-refractivity contribution is 0.0780. The monoisotopic (exact) mass is 325 g/mol. The van der Waals surface area contributed by atoms with Gasteiger partial charge in [-0.05, 0) is 17.7 Å². The van der Waals surface area contributed by atoms with Crippen LogP contribution in [0.2, 0.25) is 0 Å². The summed E-state index contributed by atoms with van der Waals surface area (Å²) in [5, 5.41) is 2.09. The minimum Gasteiger partial charge on any atom is -0.375 e. The number of rotatable bonds is 3. The number of hydrogen-bond acceptors (Lipinski definition) is 4. The van der Waals surface area contributed by atoms with Gasteiger partial charge in [0.2, 0.25) is 0 Å². The van der Waals surface area contributed by atoms with E-state index in [2.05, 4.69) is 20.9 Å². The van der Waals surface area contributed by atoms with Crippen molar-refractivity contribution in [2.45, 2.75) is 6.54 Å². The number of carbonyl (C=O) groups is 1. The fourth-order valence-corrected chi connectivity index (χ4v) is 2.55. The van der Waals surface area contributed by atoms with Crippen molar-refractivity contribution in [1.82, 2.24) is 9.88 Å². The van der Waals surface area contributed by atoms with Gasteiger partial charge in [0.15, 0.2) is 5.13 Å². The average molecular weight is 326 g/mol. The fraction of sp³-hybridized carbons (Fsp3) is 0.167. The molecule has 1 amide bonds. The lowest BCUT2D eigenvalue weighted by atomic mass is 10.2. The van der Waals surface area contributed by atoms with E-state index in [-0.39, 0.29) is 5.91 Å². The number of thiazole rings is 1. The van der Waals surface area contributed by atoms with Gasteiger partial charge in [0.25, 0.3) is 5.91 Å². The van der Waals surface area contributed by atoms with Crippen molar-refractivity contribution in [2.24, 2.45) is 0 Å². The predicted octanol–water partition coefficient (Wildman–Crippen LogP) is 2.76. The maximum atomic E-state index is 12.1. The van der Waals surface area contributed by atoms with Crippen LogP contribution in [-0.2, 0) is 6.54 Å². The highest BCUT2D eigenvalue weighted by atomic mass is 79.9. The molecule has 0 saturated carbocycles. The van der Waals surface area contributed by atoms with E-state index >= 15 is 0 Å². The molecule has 0 spiro atoms. The van der Waals surface area contributed by atoms with Crippen LogP contribution in [0, 0.1) is 0 Å². The van der Waals surface area contributed by atoms with E-state index in [1.807, 2.05) is 24.3 Å². The third-order valence-corrected chi connectivity index (χ3v) is 3.56. The van der Waals surface area contributed by atoms with Crippen molar-refractivity contribution < 1.29 is 4.79 Å². The molecule has 0 aliphatic heterocycles. The van der Waals surface area contributed by atoms with Crippen molar-refractivity contribution in [2.75, 3.05) is 12.8 Å². The second-order valence-corrected chi connectivity index (χ2v) is 5.67. The highest BCUT2D eigenvalue weighted by Gasteiger charge is 2.15. The van der Waals surface area contributed by atoms with E-state index in [0.29, 0.717) is 17.4 Å². The summed E-state index contributed by atoms with van der Waals surface area (Å²) in [6, 6.07) is 7.86. The average Bonchev–Trinajstić information content (AvgIpc) is 2.75. The van der Waals surface area contributed by atoms with Crippen molar-refractivity contribution in [3.8, 4) is 0 Å². The molecule has 0 saturated heterocycles. The van der Waals surface area contributed by atoms with E-state index in [0.717, 1.165) is 10.0 Å². The zero-order chi connectivity index (χ0) is 13.1. The molecule has 0 aliphatic carbocycles. The van der Waals surface area contributed by atoms with Crippen LogP contribution in [0.15, 0.2) is 34.1 Å². The van der Waals surface area contributed by atoms with E-state index < -0.39 is 0 Å². The first-order valence-electron chi connectivity index (χ1n) is 5.27. The molecule has 94 valence electrons. The molecule has 4 nitrogen and oxygen atoms in total. The Morgan fingerprint density at radius 1 is 1.56 bits per heavy atom. The molecule has 0 bridgehead atoms. The lowest BCUT2D eigenvalue weighted by Gasteiger charge is -2.16. The predicted molar refractivity (Wildman–Crippen MR) is 76.5 cm³/mol. The van der Waals surface area contributed by atoms with Crippen LogP contribution in [0.25, 0.3) is 0 Å². The number of hydrogen-bond donors (Lipinski definition) is 1. The number of anilines is 1. The molecule has 0 radical (unpaired) electrons. The van der Waals surface area contributed by atoms with Gasteiger partial charge in [0.05, 0.1) is 0 Å². The maximum absolute atomic E-state index is 12.1. The summed E-state index contributed by atoms with van der Waals surface area (Å²) in [6.07, 6.45) is 0. The normalized spacial score (nSPS) is 10.3. The Kier molecular flexibility index (Phi) is 3.98. The second-order valence-electron chi connectivity index (χ2n) is 3.86. The summed E-state index contributed by atoms with van der Waals surface area (Å²) in [6.45, 7) is 0.537. The Morgan fingerprint density at radius 3 is 2.94 bits per heavy atom. The van der Waals surface area contributed by atoms with Crippen LogP contribution in [0.4, 0.5) is 5.13 Å². The zero-order valence-corrected chi connectivity index (χ0v) is 12.2. The molecule has 6 heteroatoms. The van der Waals surface area contributed by atoms with Gasteiger partial charge in [0, 0.05) is 23.4 Å². The number of nitrogens with zero attached hydrogens (tertiary/aromatic N) is 2. The third-order valence-electron chi connectivity index (χ3n) is 2.40. The van der Waals surface area contributed by atoms with Gasteiger partial charge in [-0.3, -0.25) is 4.79 Å². The Hall–Kier alpha value is -1.40. The van der Waals surface area contributed by atoms with E-state index in [1.54, 1.807) is 17.3 Å². The van der Waals surface area contributed by atoms with Crippen LogP contribution in [0.5, 0.6) is 0 Å². The van der Waals surface area contributed by atoms with Crippen molar-refractivity contribution >= 4 is 38.3 Å². The van der Waals surface area contributed by atoms with Crippen LogP contribution < -0.4 is 5.73 Å². The first kappa shape index (κ1) is 13.0. The van der Waals surface area contributed by atoms with Gasteiger partial charge < -0.3 is 10.6 Å². The molecule has 1 heterocycles. The summed E-state index contributed by atoms with van der Waals surface area (Å²) < 4.78 is 0.999. The first-order chi connectivity index (χ1) is 8.56. The van der Waals surface area contributed by atoms with Gasteiger partial charge in [-0.25, -0.2) is 4.98 Å². The molecular weight excluding hydrogens is 314 g/mol. The number of halogens is 1. The van der Waals surface area contributed by atoms with Gasteiger partial charge >= 0.3 is 0 Å². The third kappa shape index (κ3) is 3.08. The standard InChI is InChI=1S/C12H12BrN3OS/c1-16(6-8-3-2-4-9(13)5-8)11(17)10-7-18-12(14)15-10/h2-5,7H,6H2,1H3,(H2,14,15). The molecule has 2 rings (SSSR count). The summed E-state index contributed by atoms with van der Waals surface area (Å²) in [5.74, 6) is -0.122. The van der Waals surface area contributed by atoms with Gasteiger partial charge in [-0.1, -0.05) is 28.1 Å². The van der Waals surface area contributed by atoms with Crippen molar-refractivity contribution in [3.05, 3.63) is 45.4 Å². The van der Waals surface area contributed by atoms with Gasteiger partial charge in [0.1, 0.15) is 5.69 Å².